The van der Waals surface area contributed by atoms with Crippen molar-refractivity contribution in [3.8, 4) is 5.75 Å². The van der Waals surface area contributed by atoms with Crippen LogP contribution in [0.25, 0.3) is 0 Å². The molecule has 1 aromatic carbocycles. The molecule has 0 saturated carbocycles. The summed E-state index contributed by atoms with van der Waals surface area (Å²) in [6.07, 6.45) is -0.457. The minimum Gasteiger partial charge on any atom is -0.510 e. The molecule has 4 rings (SSSR count). The van der Waals surface area contributed by atoms with Gasteiger partial charge in [-0.15, -0.1) is 0 Å². The summed E-state index contributed by atoms with van der Waals surface area (Å²) >= 11 is 0. The number of fused-ring (bicyclic) bond motifs is 3. The van der Waals surface area contributed by atoms with E-state index in [0.717, 1.165) is 0 Å². The van der Waals surface area contributed by atoms with Crippen molar-refractivity contribution in [1.29, 1.82) is 0 Å². The fourth-order valence-electron chi connectivity index (χ4n) is 6.09. The van der Waals surface area contributed by atoms with Crippen LogP contribution in [-0.4, -0.2) is 75.1 Å². The van der Waals surface area contributed by atoms with Gasteiger partial charge in [0, 0.05) is 35.7 Å². The number of aliphatic hydroxyl groups excluding tert-OH is 2. The van der Waals surface area contributed by atoms with Crippen molar-refractivity contribution in [2.75, 3.05) is 20.6 Å². The Labute approximate surface area is 223 Å². The number of amides is 1. The number of nitrogens with zero attached hydrogens (tertiary/aromatic N) is 1. The zero-order chi connectivity index (χ0) is 29.4. The molecule has 0 unspecified atom stereocenters. The Morgan fingerprint density at radius 1 is 1.15 bits per heavy atom. The molecule has 1 aromatic rings. The van der Waals surface area contributed by atoms with E-state index < -0.39 is 92.1 Å². The fourth-order valence-corrected chi connectivity index (χ4v) is 6.09. The van der Waals surface area contributed by atoms with E-state index in [9.17, 15) is 34.8 Å². The molecule has 10 nitrogen and oxygen atoms in total. The number of primary amides is 1. The summed E-state index contributed by atoms with van der Waals surface area (Å²) in [4.78, 5) is 40.3. The highest BCUT2D eigenvalue weighted by Gasteiger charge is 2.63. The smallest absolute Gasteiger partial charge is 0.255 e. The molecular formula is C27H33F2N3O7. The van der Waals surface area contributed by atoms with Crippen molar-refractivity contribution in [2.24, 2.45) is 23.0 Å². The SMILES string of the molecule is CN(C)[C@@H]1C(O)=C(C(N)=O)C(=O)[C@@]2(O)C(O)=C3C(=O)c4c(O)c(F)c(CNCC(C)(C)C)c(F)c4C[C@H]3C[C@@H]12. The van der Waals surface area contributed by atoms with Crippen molar-refractivity contribution in [2.45, 2.75) is 51.8 Å². The number of nitrogens with two attached hydrogens (primary N) is 1. The van der Waals surface area contributed by atoms with Gasteiger partial charge in [-0.2, -0.15) is 0 Å². The molecule has 212 valence electrons. The van der Waals surface area contributed by atoms with Crippen LogP contribution < -0.4 is 11.1 Å². The van der Waals surface area contributed by atoms with Crippen LogP contribution in [0.1, 0.15) is 48.7 Å². The molecule has 0 fully saturated rings. The second-order valence-corrected chi connectivity index (χ2v) is 11.9. The molecule has 3 aliphatic carbocycles. The lowest BCUT2D eigenvalue weighted by Crippen LogP contribution is -2.63. The number of phenols is 1. The largest absolute Gasteiger partial charge is 0.510 e. The van der Waals surface area contributed by atoms with Crippen molar-refractivity contribution >= 4 is 17.5 Å². The van der Waals surface area contributed by atoms with Crippen LogP contribution in [0, 0.1) is 28.9 Å². The Morgan fingerprint density at radius 3 is 2.31 bits per heavy atom. The predicted molar refractivity (Wildman–Crippen MR) is 135 cm³/mol. The lowest BCUT2D eigenvalue weighted by molar-refractivity contribution is -0.148. The first-order chi connectivity index (χ1) is 17.9. The molecule has 0 radical (unpaired) electrons. The number of hydrogen-bond donors (Lipinski definition) is 6. The Balaban J connectivity index is 1.87. The van der Waals surface area contributed by atoms with Gasteiger partial charge in [0.05, 0.1) is 11.6 Å². The van der Waals surface area contributed by atoms with Crippen LogP contribution in [-0.2, 0) is 22.6 Å². The summed E-state index contributed by atoms with van der Waals surface area (Å²) in [7, 11) is 3.01. The summed E-state index contributed by atoms with van der Waals surface area (Å²) in [6.45, 7) is 5.94. The monoisotopic (exact) mass is 549 g/mol. The lowest BCUT2D eigenvalue weighted by Gasteiger charge is -2.50. The Bertz CT molecular complexity index is 1360. The number of hydrogen-bond acceptors (Lipinski definition) is 9. The third kappa shape index (κ3) is 4.21. The predicted octanol–water partition coefficient (Wildman–Crippen LogP) is 1.53. The van der Waals surface area contributed by atoms with Crippen LogP contribution >= 0.6 is 0 Å². The van der Waals surface area contributed by atoms with E-state index in [2.05, 4.69) is 5.32 Å². The zero-order valence-corrected chi connectivity index (χ0v) is 22.4. The highest BCUT2D eigenvalue weighted by molar-refractivity contribution is 6.24. The van der Waals surface area contributed by atoms with Crippen LogP contribution in [0.4, 0.5) is 8.78 Å². The van der Waals surface area contributed by atoms with Crippen LogP contribution in [0.3, 0.4) is 0 Å². The van der Waals surface area contributed by atoms with E-state index in [1.54, 1.807) is 0 Å². The second kappa shape index (κ2) is 9.39. The number of aliphatic hydroxyl groups is 3. The van der Waals surface area contributed by atoms with E-state index in [4.69, 9.17) is 5.73 Å². The number of ketones is 2. The molecule has 12 heteroatoms. The van der Waals surface area contributed by atoms with E-state index in [0.29, 0.717) is 6.54 Å². The van der Waals surface area contributed by atoms with E-state index >= 15 is 8.78 Å². The van der Waals surface area contributed by atoms with Crippen LogP contribution in [0.2, 0.25) is 0 Å². The van der Waals surface area contributed by atoms with Gasteiger partial charge >= 0.3 is 0 Å². The number of carbonyl (C=O) groups excluding carboxylic acids is 3. The first-order valence-electron chi connectivity index (χ1n) is 12.5. The van der Waals surface area contributed by atoms with Gasteiger partial charge in [-0.1, -0.05) is 20.8 Å². The summed E-state index contributed by atoms with van der Waals surface area (Å²) in [5.41, 5.74) is -0.542. The van der Waals surface area contributed by atoms with Crippen LogP contribution in [0.5, 0.6) is 5.75 Å². The molecular weight excluding hydrogens is 516 g/mol. The maximum Gasteiger partial charge on any atom is 0.255 e. The molecule has 7 N–H and O–H groups in total. The molecule has 39 heavy (non-hydrogen) atoms. The van der Waals surface area contributed by atoms with Gasteiger partial charge in [0.15, 0.2) is 23.0 Å². The topological polar surface area (TPSA) is 173 Å². The number of aromatic hydroxyl groups is 1. The van der Waals surface area contributed by atoms with Crippen molar-refractivity contribution in [3.63, 3.8) is 0 Å². The van der Waals surface area contributed by atoms with Crippen molar-refractivity contribution < 1.29 is 43.6 Å². The second-order valence-electron chi connectivity index (χ2n) is 11.9. The maximum absolute atomic E-state index is 15.7. The average Bonchev–Trinajstić information content (AvgIpc) is 2.81. The number of Topliss-reactive ketones (excluding diaryl/α,β-unsaturated/α-hetero) is 2. The number of rotatable bonds is 5. The zero-order valence-electron chi connectivity index (χ0n) is 22.4. The normalized spacial score (nSPS) is 27.1. The van der Waals surface area contributed by atoms with Gasteiger partial charge in [-0.3, -0.25) is 19.3 Å². The Kier molecular flexibility index (Phi) is 6.90. The number of benzene rings is 1. The number of allylic oxidation sites excluding steroid dienone is 1. The molecule has 4 atom stereocenters. The minimum absolute atomic E-state index is 0.190. The van der Waals surface area contributed by atoms with Gasteiger partial charge in [0.1, 0.15) is 22.9 Å². The van der Waals surface area contributed by atoms with Gasteiger partial charge < -0.3 is 31.5 Å². The average molecular weight is 550 g/mol. The first-order valence-corrected chi connectivity index (χ1v) is 12.5. The standard InChI is InChI=1S/C27H33F2N3O7/c1-26(2,3)9-31-8-12-17(28)11-6-10-7-13-19(32(4)5)22(35)16(25(30)38)24(37)27(13,39)23(36)14(10)20(33)15(11)21(34)18(12)29/h10,13,19,31,34-36,39H,6-9H2,1-5H3,(H2,30,38)/t10-,13-,19-,27-/m0/s1. The summed E-state index contributed by atoms with van der Waals surface area (Å²) in [5.74, 6) is -11.3. The van der Waals surface area contributed by atoms with E-state index in [1.807, 2.05) is 20.8 Å². The van der Waals surface area contributed by atoms with E-state index in [-0.39, 0.29) is 30.4 Å². The highest BCUT2D eigenvalue weighted by Crippen LogP contribution is 2.52. The molecule has 0 saturated heterocycles. The molecule has 0 aliphatic heterocycles. The Hall–Kier alpha value is -3.35. The number of likely N-dealkylation sites (N-methyl/N-ethyl adjacent to an activating group) is 1. The van der Waals surface area contributed by atoms with Crippen molar-refractivity contribution in [3.05, 3.63) is 51.0 Å². The first kappa shape index (κ1) is 28.7. The minimum atomic E-state index is -2.83. The summed E-state index contributed by atoms with van der Waals surface area (Å²) in [5, 5.41) is 47.1. The third-order valence-electron chi connectivity index (χ3n) is 7.81. The maximum atomic E-state index is 15.7. The molecule has 0 spiro atoms. The Morgan fingerprint density at radius 2 is 1.77 bits per heavy atom. The molecule has 1 amide bonds. The summed E-state index contributed by atoms with van der Waals surface area (Å²) in [6, 6.07) is -1.17. The molecule has 0 aromatic heterocycles. The molecule has 3 aliphatic rings. The van der Waals surface area contributed by atoms with Crippen LogP contribution in [0.15, 0.2) is 22.7 Å². The molecule has 0 heterocycles. The number of carbonyl (C=O) groups is 3. The summed E-state index contributed by atoms with van der Waals surface area (Å²) < 4.78 is 30.8. The fraction of sp³-hybridized carbons (Fsp3) is 0.519. The number of phenolic OH excluding ortho intramolecular Hbond substituents is 1. The van der Waals surface area contributed by atoms with E-state index in [1.165, 1.54) is 19.0 Å². The number of nitrogens with one attached hydrogen (secondary N) is 1. The van der Waals surface area contributed by atoms with Gasteiger partial charge in [-0.05, 0) is 38.3 Å². The molecule has 0 bridgehead atoms. The number of halogens is 2. The van der Waals surface area contributed by atoms with Gasteiger partial charge in [0.25, 0.3) is 5.91 Å². The van der Waals surface area contributed by atoms with Crippen molar-refractivity contribution in [1.82, 2.24) is 10.2 Å². The van der Waals surface area contributed by atoms with Gasteiger partial charge in [-0.25, -0.2) is 8.78 Å². The van der Waals surface area contributed by atoms with Gasteiger partial charge in [0.2, 0.25) is 5.78 Å². The lowest BCUT2D eigenvalue weighted by atomic mass is 9.58. The quantitative estimate of drug-likeness (QED) is 0.298. The highest BCUT2D eigenvalue weighted by atomic mass is 19.1. The third-order valence-corrected chi connectivity index (χ3v) is 7.81.